The second kappa shape index (κ2) is 4.74. The van der Waals surface area contributed by atoms with Crippen molar-refractivity contribution >= 4 is 0 Å². The summed E-state index contributed by atoms with van der Waals surface area (Å²) in [4.78, 5) is 0. The molecular weight excluding hydrogens is 204 g/mol. The van der Waals surface area contributed by atoms with Crippen molar-refractivity contribution in [1.82, 2.24) is 0 Å². The van der Waals surface area contributed by atoms with Gasteiger partial charge in [-0.25, -0.2) is 0 Å². The monoisotopic (exact) mass is 222 g/mol. The Morgan fingerprint density at radius 1 is 1.50 bits per heavy atom. The fourth-order valence-electron chi connectivity index (χ4n) is 1.65. The molecule has 1 aromatic carbocycles. The number of aromatic hydroxyl groups is 1. The zero-order valence-corrected chi connectivity index (χ0v) is 9.77. The van der Waals surface area contributed by atoms with E-state index in [4.69, 9.17) is 9.47 Å². The molecule has 0 bridgehead atoms. The standard InChI is InChI=1S/C13H18O3/c1-9(2)6-11-12(14)4-3-5-13(11)16-8-10-7-15-10/h3-5,9-10,14H,6-8H2,1-2H3. The van der Waals surface area contributed by atoms with E-state index in [-0.39, 0.29) is 6.10 Å². The molecule has 0 aliphatic carbocycles. The molecule has 88 valence electrons. The van der Waals surface area contributed by atoms with Crippen molar-refractivity contribution in [3.05, 3.63) is 23.8 Å². The molecule has 1 atom stereocenters. The summed E-state index contributed by atoms with van der Waals surface area (Å²) in [5, 5.41) is 9.81. The SMILES string of the molecule is CC(C)Cc1c(O)cccc1OCC1CO1. The lowest BCUT2D eigenvalue weighted by Gasteiger charge is -2.13. The number of hydrogen-bond donors (Lipinski definition) is 1. The fraction of sp³-hybridized carbons (Fsp3) is 0.538. The second-order valence-electron chi connectivity index (χ2n) is 4.62. The molecule has 2 rings (SSSR count). The molecular formula is C13H18O3. The Labute approximate surface area is 96.0 Å². The number of ether oxygens (including phenoxy) is 2. The van der Waals surface area contributed by atoms with Crippen LogP contribution in [0.2, 0.25) is 0 Å². The maximum absolute atomic E-state index is 9.81. The Morgan fingerprint density at radius 3 is 2.88 bits per heavy atom. The summed E-state index contributed by atoms with van der Waals surface area (Å²) in [6.45, 7) is 5.62. The van der Waals surface area contributed by atoms with Crippen LogP contribution >= 0.6 is 0 Å². The van der Waals surface area contributed by atoms with Crippen molar-refractivity contribution in [2.24, 2.45) is 5.92 Å². The van der Waals surface area contributed by atoms with Crippen LogP contribution in [0.5, 0.6) is 11.5 Å². The average molecular weight is 222 g/mol. The van der Waals surface area contributed by atoms with Crippen molar-refractivity contribution in [2.45, 2.75) is 26.4 Å². The highest BCUT2D eigenvalue weighted by Crippen LogP contribution is 2.30. The summed E-state index contributed by atoms with van der Waals surface area (Å²) in [7, 11) is 0. The van der Waals surface area contributed by atoms with Crippen LogP contribution < -0.4 is 4.74 Å². The normalized spacial score (nSPS) is 18.8. The lowest BCUT2D eigenvalue weighted by molar-refractivity contribution is 0.259. The molecule has 1 saturated heterocycles. The van der Waals surface area contributed by atoms with Crippen LogP contribution in [0.3, 0.4) is 0 Å². The minimum atomic E-state index is 0.245. The van der Waals surface area contributed by atoms with Crippen LogP contribution in [0.1, 0.15) is 19.4 Å². The van der Waals surface area contributed by atoms with Crippen LogP contribution in [0.4, 0.5) is 0 Å². The summed E-state index contributed by atoms with van der Waals surface area (Å²) >= 11 is 0. The Hall–Kier alpha value is -1.22. The lowest BCUT2D eigenvalue weighted by atomic mass is 10.0. The highest BCUT2D eigenvalue weighted by Gasteiger charge is 2.23. The van der Waals surface area contributed by atoms with Crippen molar-refractivity contribution in [3.63, 3.8) is 0 Å². The summed E-state index contributed by atoms with van der Waals surface area (Å²) in [5.41, 5.74) is 0.901. The van der Waals surface area contributed by atoms with Gasteiger partial charge in [-0.1, -0.05) is 19.9 Å². The highest BCUT2D eigenvalue weighted by molar-refractivity contribution is 5.44. The van der Waals surface area contributed by atoms with Crippen LogP contribution in [-0.2, 0) is 11.2 Å². The van der Waals surface area contributed by atoms with E-state index in [1.807, 2.05) is 12.1 Å². The first-order chi connectivity index (χ1) is 7.66. The number of rotatable bonds is 5. The molecule has 16 heavy (non-hydrogen) atoms. The van der Waals surface area contributed by atoms with Gasteiger partial charge in [0.2, 0.25) is 0 Å². The highest BCUT2D eigenvalue weighted by atomic mass is 16.6. The van der Waals surface area contributed by atoms with Crippen molar-refractivity contribution in [1.29, 1.82) is 0 Å². The van der Waals surface area contributed by atoms with E-state index in [2.05, 4.69) is 13.8 Å². The molecule has 0 saturated carbocycles. The van der Waals surface area contributed by atoms with Gasteiger partial charge in [0.25, 0.3) is 0 Å². The summed E-state index contributed by atoms with van der Waals surface area (Å²) in [6.07, 6.45) is 1.07. The smallest absolute Gasteiger partial charge is 0.126 e. The van der Waals surface area contributed by atoms with E-state index < -0.39 is 0 Å². The predicted molar refractivity (Wildman–Crippen MR) is 61.9 cm³/mol. The first kappa shape index (κ1) is 11.3. The van der Waals surface area contributed by atoms with Gasteiger partial charge in [-0.15, -0.1) is 0 Å². The molecule has 1 aromatic rings. The molecule has 1 aliphatic rings. The van der Waals surface area contributed by atoms with Crippen molar-refractivity contribution in [3.8, 4) is 11.5 Å². The second-order valence-corrected chi connectivity index (χ2v) is 4.62. The minimum Gasteiger partial charge on any atom is -0.508 e. The van der Waals surface area contributed by atoms with E-state index in [1.54, 1.807) is 6.07 Å². The number of phenolic OH excluding ortho intramolecular Hbond substituents is 1. The quantitative estimate of drug-likeness (QED) is 0.778. The van der Waals surface area contributed by atoms with Gasteiger partial charge in [-0.05, 0) is 24.5 Å². The predicted octanol–water partition coefficient (Wildman–Crippen LogP) is 2.37. The van der Waals surface area contributed by atoms with Crippen molar-refractivity contribution in [2.75, 3.05) is 13.2 Å². The maximum atomic E-state index is 9.81. The number of phenols is 1. The van der Waals surface area contributed by atoms with Gasteiger partial charge >= 0.3 is 0 Å². The third-order valence-corrected chi connectivity index (χ3v) is 2.55. The lowest BCUT2D eigenvalue weighted by Crippen LogP contribution is -2.07. The van der Waals surface area contributed by atoms with Gasteiger partial charge in [0, 0.05) is 5.56 Å². The first-order valence-corrected chi connectivity index (χ1v) is 5.72. The molecule has 0 radical (unpaired) electrons. The topological polar surface area (TPSA) is 42.0 Å². The molecule has 0 aromatic heterocycles. The van der Waals surface area contributed by atoms with Crippen LogP contribution in [0, 0.1) is 5.92 Å². The van der Waals surface area contributed by atoms with Crippen LogP contribution in [-0.4, -0.2) is 24.4 Å². The minimum absolute atomic E-state index is 0.245. The third-order valence-electron chi connectivity index (χ3n) is 2.55. The summed E-state index contributed by atoms with van der Waals surface area (Å²) in [5.74, 6) is 1.60. The van der Waals surface area contributed by atoms with Crippen molar-refractivity contribution < 1.29 is 14.6 Å². The van der Waals surface area contributed by atoms with E-state index in [9.17, 15) is 5.11 Å². The molecule has 1 heterocycles. The first-order valence-electron chi connectivity index (χ1n) is 5.72. The zero-order valence-electron chi connectivity index (χ0n) is 9.77. The Morgan fingerprint density at radius 2 is 2.25 bits per heavy atom. The summed E-state index contributed by atoms with van der Waals surface area (Å²) in [6, 6.07) is 5.42. The van der Waals surface area contributed by atoms with E-state index in [1.165, 1.54) is 0 Å². The molecule has 0 amide bonds. The molecule has 1 aliphatic heterocycles. The Kier molecular flexibility index (Phi) is 3.34. The molecule has 3 heteroatoms. The number of benzene rings is 1. The van der Waals surface area contributed by atoms with E-state index >= 15 is 0 Å². The van der Waals surface area contributed by atoms with Gasteiger partial charge in [0.05, 0.1) is 6.61 Å². The molecule has 3 nitrogen and oxygen atoms in total. The van der Waals surface area contributed by atoms with Gasteiger partial charge in [-0.3, -0.25) is 0 Å². The van der Waals surface area contributed by atoms with Gasteiger partial charge in [0.1, 0.15) is 24.2 Å². The molecule has 1 N–H and O–H groups in total. The van der Waals surface area contributed by atoms with E-state index in [0.717, 1.165) is 24.3 Å². The number of epoxide rings is 1. The Bertz CT molecular complexity index is 356. The Balaban J connectivity index is 2.10. The largest absolute Gasteiger partial charge is 0.508 e. The third kappa shape index (κ3) is 2.89. The fourth-order valence-corrected chi connectivity index (χ4v) is 1.65. The van der Waals surface area contributed by atoms with Gasteiger partial charge in [-0.2, -0.15) is 0 Å². The van der Waals surface area contributed by atoms with Gasteiger partial charge in [0.15, 0.2) is 0 Å². The zero-order chi connectivity index (χ0) is 11.5. The average Bonchev–Trinajstić information content (AvgIpc) is 3.02. The maximum Gasteiger partial charge on any atom is 0.126 e. The molecule has 1 unspecified atom stereocenters. The molecule has 0 spiro atoms. The molecule has 1 fully saturated rings. The van der Waals surface area contributed by atoms with Crippen LogP contribution in [0.25, 0.3) is 0 Å². The van der Waals surface area contributed by atoms with Gasteiger partial charge < -0.3 is 14.6 Å². The van der Waals surface area contributed by atoms with E-state index in [0.29, 0.717) is 18.3 Å². The number of hydrogen-bond acceptors (Lipinski definition) is 3. The summed E-state index contributed by atoms with van der Waals surface area (Å²) < 4.78 is 10.8. The van der Waals surface area contributed by atoms with Crippen LogP contribution in [0.15, 0.2) is 18.2 Å².